The van der Waals surface area contributed by atoms with Crippen LogP contribution in [0.4, 0.5) is 5.69 Å². The van der Waals surface area contributed by atoms with Crippen LogP contribution in [-0.4, -0.2) is 33.0 Å². The van der Waals surface area contributed by atoms with E-state index in [-0.39, 0.29) is 0 Å². The van der Waals surface area contributed by atoms with E-state index in [1.54, 1.807) is 0 Å². The lowest BCUT2D eigenvalue weighted by Gasteiger charge is -2.09. The SMILES string of the molecule is CCCCCOCCOCCOc1ccccc1N. The van der Waals surface area contributed by atoms with Crippen LogP contribution in [0, 0.1) is 0 Å². The molecule has 0 amide bonds. The minimum atomic E-state index is 0.504. The molecule has 1 rings (SSSR count). The first kappa shape index (κ1) is 15.8. The Morgan fingerprint density at radius 1 is 0.895 bits per heavy atom. The van der Waals surface area contributed by atoms with Crippen molar-refractivity contribution in [1.82, 2.24) is 0 Å². The van der Waals surface area contributed by atoms with Crippen LogP contribution in [0.25, 0.3) is 0 Å². The molecule has 0 aliphatic heterocycles. The summed E-state index contributed by atoms with van der Waals surface area (Å²) in [5.41, 5.74) is 6.41. The number of benzene rings is 1. The average Bonchev–Trinajstić information content (AvgIpc) is 2.43. The Hall–Kier alpha value is -1.26. The lowest BCUT2D eigenvalue weighted by atomic mass is 10.3. The van der Waals surface area contributed by atoms with E-state index in [1.807, 2.05) is 24.3 Å². The topological polar surface area (TPSA) is 53.7 Å². The van der Waals surface area contributed by atoms with E-state index in [1.165, 1.54) is 12.8 Å². The first-order chi connectivity index (χ1) is 9.34. The van der Waals surface area contributed by atoms with E-state index in [2.05, 4.69) is 6.92 Å². The van der Waals surface area contributed by atoms with Gasteiger partial charge in [-0.25, -0.2) is 0 Å². The molecule has 2 N–H and O–H groups in total. The van der Waals surface area contributed by atoms with Crippen molar-refractivity contribution in [3.05, 3.63) is 24.3 Å². The molecule has 0 bridgehead atoms. The van der Waals surface area contributed by atoms with E-state index in [0.29, 0.717) is 37.9 Å². The highest BCUT2D eigenvalue weighted by atomic mass is 16.5. The van der Waals surface area contributed by atoms with E-state index < -0.39 is 0 Å². The van der Waals surface area contributed by atoms with Gasteiger partial charge in [0.1, 0.15) is 12.4 Å². The lowest BCUT2D eigenvalue weighted by Crippen LogP contribution is -2.11. The molecule has 0 atom stereocenters. The highest BCUT2D eigenvalue weighted by Gasteiger charge is 1.97. The van der Waals surface area contributed by atoms with E-state index in [9.17, 15) is 0 Å². The first-order valence-electron chi connectivity index (χ1n) is 6.97. The van der Waals surface area contributed by atoms with Crippen molar-refractivity contribution in [2.45, 2.75) is 26.2 Å². The molecule has 0 saturated heterocycles. The number of nitrogen functional groups attached to an aromatic ring is 1. The van der Waals surface area contributed by atoms with Gasteiger partial charge in [0.05, 0.1) is 25.5 Å². The van der Waals surface area contributed by atoms with Crippen LogP contribution in [-0.2, 0) is 9.47 Å². The summed E-state index contributed by atoms with van der Waals surface area (Å²) in [7, 11) is 0. The summed E-state index contributed by atoms with van der Waals surface area (Å²) in [5.74, 6) is 0.710. The van der Waals surface area contributed by atoms with E-state index in [0.717, 1.165) is 13.0 Å². The molecule has 0 radical (unpaired) electrons. The van der Waals surface area contributed by atoms with Gasteiger partial charge >= 0.3 is 0 Å². The zero-order valence-corrected chi connectivity index (χ0v) is 11.8. The molecular formula is C15H25NO3. The third-order valence-electron chi connectivity index (χ3n) is 2.67. The fourth-order valence-corrected chi connectivity index (χ4v) is 1.60. The van der Waals surface area contributed by atoms with Gasteiger partial charge in [0, 0.05) is 6.61 Å². The summed E-state index contributed by atoms with van der Waals surface area (Å²) in [6, 6.07) is 7.46. The fourth-order valence-electron chi connectivity index (χ4n) is 1.60. The Balaban J connectivity index is 1.90. The molecule has 108 valence electrons. The molecule has 4 heteroatoms. The predicted molar refractivity (Wildman–Crippen MR) is 77.5 cm³/mol. The number of anilines is 1. The molecular weight excluding hydrogens is 242 g/mol. The van der Waals surface area contributed by atoms with Crippen LogP contribution < -0.4 is 10.5 Å². The smallest absolute Gasteiger partial charge is 0.142 e. The maximum atomic E-state index is 5.76. The molecule has 0 aliphatic rings. The molecule has 1 aromatic rings. The molecule has 1 aromatic carbocycles. The van der Waals surface area contributed by atoms with Crippen molar-refractivity contribution in [2.75, 3.05) is 38.8 Å². The second-order valence-corrected chi connectivity index (χ2v) is 4.32. The number of rotatable bonds is 11. The van der Waals surface area contributed by atoms with Crippen molar-refractivity contribution >= 4 is 5.69 Å². The lowest BCUT2D eigenvalue weighted by molar-refractivity contribution is 0.0354. The van der Waals surface area contributed by atoms with Crippen LogP contribution in [0.2, 0.25) is 0 Å². The monoisotopic (exact) mass is 267 g/mol. The molecule has 0 aliphatic carbocycles. The van der Waals surface area contributed by atoms with Crippen molar-refractivity contribution < 1.29 is 14.2 Å². The van der Waals surface area contributed by atoms with Gasteiger partial charge in [-0.3, -0.25) is 0 Å². The number of unbranched alkanes of at least 4 members (excludes halogenated alkanes) is 2. The quantitative estimate of drug-likeness (QED) is 0.495. The van der Waals surface area contributed by atoms with E-state index >= 15 is 0 Å². The number of nitrogens with two attached hydrogens (primary N) is 1. The Labute approximate surface area is 115 Å². The van der Waals surface area contributed by atoms with Gasteiger partial charge in [0.25, 0.3) is 0 Å². The van der Waals surface area contributed by atoms with Gasteiger partial charge in [-0.1, -0.05) is 31.9 Å². The second-order valence-electron chi connectivity index (χ2n) is 4.32. The highest BCUT2D eigenvalue weighted by Crippen LogP contribution is 2.19. The van der Waals surface area contributed by atoms with Gasteiger partial charge in [-0.2, -0.15) is 0 Å². The Kier molecular flexibility index (Phi) is 8.85. The first-order valence-corrected chi connectivity index (χ1v) is 6.97. The summed E-state index contributed by atoms with van der Waals surface area (Å²) in [5, 5.41) is 0. The molecule has 19 heavy (non-hydrogen) atoms. The normalized spacial score (nSPS) is 10.6. The summed E-state index contributed by atoms with van der Waals surface area (Å²) in [6.07, 6.45) is 3.58. The standard InChI is InChI=1S/C15H25NO3/c1-2-3-6-9-17-10-11-18-12-13-19-15-8-5-4-7-14(15)16/h4-5,7-8H,2-3,6,9-13,16H2,1H3. The van der Waals surface area contributed by atoms with Gasteiger partial charge in [-0.15, -0.1) is 0 Å². The third kappa shape index (κ3) is 7.70. The third-order valence-corrected chi connectivity index (χ3v) is 2.67. The minimum absolute atomic E-state index is 0.504. The molecule has 0 heterocycles. The van der Waals surface area contributed by atoms with Gasteiger partial charge in [0.15, 0.2) is 0 Å². The Morgan fingerprint density at radius 3 is 2.32 bits per heavy atom. The molecule has 0 unspecified atom stereocenters. The van der Waals surface area contributed by atoms with Gasteiger partial charge < -0.3 is 19.9 Å². The predicted octanol–water partition coefficient (Wildman–Crippen LogP) is 2.87. The molecule has 0 fully saturated rings. The van der Waals surface area contributed by atoms with Crippen molar-refractivity contribution in [3.8, 4) is 5.75 Å². The van der Waals surface area contributed by atoms with Crippen LogP contribution >= 0.6 is 0 Å². The number of hydrogen-bond acceptors (Lipinski definition) is 4. The average molecular weight is 267 g/mol. The van der Waals surface area contributed by atoms with Crippen molar-refractivity contribution in [2.24, 2.45) is 0 Å². The zero-order valence-electron chi connectivity index (χ0n) is 11.8. The summed E-state index contributed by atoms with van der Waals surface area (Å²) < 4.78 is 16.4. The number of para-hydroxylation sites is 2. The van der Waals surface area contributed by atoms with E-state index in [4.69, 9.17) is 19.9 Å². The Morgan fingerprint density at radius 2 is 1.58 bits per heavy atom. The van der Waals surface area contributed by atoms with Crippen LogP contribution in [0.1, 0.15) is 26.2 Å². The summed E-state index contributed by atoms with van der Waals surface area (Å²) in [4.78, 5) is 0. The molecule has 4 nitrogen and oxygen atoms in total. The number of ether oxygens (including phenoxy) is 3. The van der Waals surface area contributed by atoms with Gasteiger partial charge in [0.2, 0.25) is 0 Å². The summed E-state index contributed by atoms with van der Waals surface area (Å²) >= 11 is 0. The molecule has 0 aromatic heterocycles. The largest absolute Gasteiger partial charge is 0.489 e. The minimum Gasteiger partial charge on any atom is -0.489 e. The molecule has 0 saturated carbocycles. The maximum Gasteiger partial charge on any atom is 0.142 e. The Bertz CT molecular complexity index is 331. The maximum absolute atomic E-state index is 5.76. The van der Waals surface area contributed by atoms with Crippen LogP contribution in [0.3, 0.4) is 0 Å². The van der Waals surface area contributed by atoms with Crippen LogP contribution in [0.15, 0.2) is 24.3 Å². The van der Waals surface area contributed by atoms with Crippen LogP contribution in [0.5, 0.6) is 5.75 Å². The zero-order chi connectivity index (χ0) is 13.8. The number of hydrogen-bond donors (Lipinski definition) is 1. The van der Waals surface area contributed by atoms with Crippen molar-refractivity contribution in [1.29, 1.82) is 0 Å². The highest BCUT2D eigenvalue weighted by molar-refractivity contribution is 5.51. The van der Waals surface area contributed by atoms with Crippen molar-refractivity contribution in [3.63, 3.8) is 0 Å². The van der Waals surface area contributed by atoms with Gasteiger partial charge in [-0.05, 0) is 18.6 Å². The summed E-state index contributed by atoms with van der Waals surface area (Å²) in [6.45, 7) is 5.32. The molecule has 0 spiro atoms. The second kappa shape index (κ2) is 10.6. The fraction of sp³-hybridized carbons (Fsp3) is 0.600.